The van der Waals surface area contributed by atoms with Gasteiger partial charge in [-0.3, -0.25) is 4.79 Å². The number of nitriles is 1. The van der Waals surface area contributed by atoms with Crippen molar-refractivity contribution in [2.45, 2.75) is 6.42 Å². The largest absolute Gasteiger partial charge is 0.347 e. The molecule has 0 spiro atoms. The summed E-state index contributed by atoms with van der Waals surface area (Å²) in [4.78, 5) is 11.8. The number of benzene rings is 1. The second-order valence-corrected chi connectivity index (χ2v) is 4.92. The van der Waals surface area contributed by atoms with Crippen molar-refractivity contribution in [3.63, 3.8) is 0 Å². The third-order valence-electron chi connectivity index (χ3n) is 2.25. The lowest BCUT2D eigenvalue weighted by Gasteiger charge is -2.13. The Bertz CT molecular complexity index is 566. The van der Waals surface area contributed by atoms with Gasteiger partial charge in [0.1, 0.15) is 4.99 Å². The number of rotatable bonds is 5. The third kappa shape index (κ3) is 4.32. The molecule has 0 saturated carbocycles. The van der Waals surface area contributed by atoms with Gasteiger partial charge in [-0.1, -0.05) is 41.5 Å². The first kappa shape index (κ1) is 15.6. The molecule has 0 aromatic heterocycles. The van der Waals surface area contributed by atoms with E-state index < -0.39 is 5.92 Å². The molecule has 3 nitrogen and oxygen atoms in total. The van der Waals surface area contributed by atoms with Gasteiger partial charge in [-0.25, -0.2) is 0 Å². The molecule has 0 aliphatic carbocycles. The maximum atomic E-state index is 11.7. The van der Waals surface area contributed by atoms with E-state index in [2.05, 4.69) is 11.9 Å². The third-order valence-corrected chi connectivity index (χ3v) is 3.13. The fourth-order valence-electron chi connectivity index (χ4n) is 1.33. The average molecular weight is 313 g/mol. The van der Waals surface area contributed by atoms with Crippen LogP contribution >= 0.6 is 35.4 Å². The Balaban J connectivity index is 2.86. The van der Waals surface area contributed by atoms with E-state index in [-0.39, 0.29) is 17.2 Å². The summed E-state index contributed by atoms with van der Waals surface area (Å²) in [6.07, 6.45) is 1.53. The number of thiocarbonyl (C=S) groups is 1. The minimum atomic E-state index is -1.01. The van der Waals surface area contributed by atoms with Crippen LogP contribution in [-0.2, 0) is 4.79 Å². The highest BCUT2D eigenvalue weighted by Gasteiger charge is 2.22. The highest BCUT2D eigenvalue weighted by Crippen LogP contribution is 2.26. The number of nitrogens with zero attached hydrogens (tertiary/aromatic N) is 1. The molecule has 0 bridgehead atoms. The molecular formula is C13H10Cl2N2OS. The van der Waals surface area contributed by atoms with E-state index in [9.17, 15) is 4.79 Å². The topological polar surface area (TPSA) is 52.9 Å². The van der Waals surface area contributed by atoms with Gasteiger partial charge in [-0.2, -0.15) is 5.26 Å². The van der Waals surface area contributed by atoms with E-state index >= 15 is 0 Å². The number of carbonyl (C=O) groups excluding carboxylic acids is 1. The van der Waals surface area contributed by atoms with Gasteiger partial charge in [0.15, 0.2) is 11.7 Å². The molecule has 1 rings (SSSR count). The maximum absolute atomic E-state index is 11.7. The summed E-state index contributed by atoms with van der Waals surface area (Å²) < 4.78 is 0. The van der Waals surface area contributed by atoms with Crippen LogP contribution in [0.15, 0.2) is 30.9 Å². The molecule has 0 saturated heterocycles. The Morgan fingerprint density at radius 1 is 1.58 bits per heavy atom. The number of carbonyl (C=O) groups is 1. The van der Waals surface area contributed by atoms with Gasteiger partial charge >= 0.3 is 0 Å². The van der Waals surface area contributed by atoms with Crippen LogP contribution in [0.1, 0.15) is 6.42 Å². The Kier molecular flexibility index (Phi) is 5.97. The molecule has 98 valence electrons. The fourth-order valence-corrected chi connectivity index (χ4v) is 2.08. The van der Waals surface area contributed by atoms with Crippen molar-refractivity contribution in [1.29, 1.82) is 5.26 Å². The molecule has 0 amide bonds. The van der Waals surface area contributed by atoms with Gasteiger partial charge in [-0.15, -0.1) is 6.58 Å². The number of allylic oxidation sites excluding steroid dienone is 1. The summed E-state index contributed by atoms with van der Waals surface area (Å²) in [7, 11) is 0. The van der Waals surface area contributed by atoms with Crippen LogP contribution in [0.2, 0.25) is 10.0 Å². The molecular weight excluding hydrogens is 303 g/mol. The lowest BCUT2D eigenvalue weighted by molar-refractivity contribution is -0.118. The molecule has 6 heteroatoms. The molecule has 1 N–H and O–H groups in total. The Morgan fingerprint density at radius 3 is 2.79 bits per heavy atom. The van der Waals surface area contributed by atoms with Gasteiger partial charge in [0, 0.05) is 11.4 Å². The molecule has 0 aliphatic heterocycles. The zero-order chi connectivity index (χ0) is 14.4. The monoisotopic (exact) mass is 312 g/mol. The Morgan fingerprint density at radius 2 is 2.26 bits per heavy atom. The quantitative estimate of drug-likeness (QED) is 0.659. The van der Waals surface area contributed by atoms with Crippen LogP contribution in [0.5, 0.6) is 0 Å². The van der Waals surface area contributed by atoms with Crippen molar-refractivity contribution in [2.24, 2.45) is 5.92 Å². The van der Waals surface area contributed by atoms with Crippen molar-refractivity contribution >= 4 is 51.9 Å². The molecule has 1 unspecified atom stereocenters. The van der Waals surface area contributed by atoms with Crippen LogP contribution in [0.4, 0.5) is 5.69 Å². The number of anilines is 1. The predicted molar refractivity (Wildman–Crippen MR) is 81.6 cm³/mol. The molecule has 19 heavy (non-hydrogen) atoms. The zero-order valence-electron chi connectivity index (χ0n) is 9.82. The predicted octanol–water partition coefficient (Wildman–Crippen LogP) is 4.02. The van der Waals surface area contributed by atoms with Crippen LogP contribution in [0.3, 0.4) is 0 Å². The number of hydrogen-bond donors (Lipinski definition) is 1. The van der Waals surface area contributed by atoms with E-state index in [4.69, 9.17) is 40.7 Å². The van der Waals surface area contributed by atoms with E-state index in [1.165, 1.54) is 6.08 Å². The summed E-state index contributed by atoms with van der Waals surface area (Å²) >= 11 is 16.8. The second kappa shape index (κ2) is 7.25. The fraction of sp³-hybridized carbons (Fsp3) is 0.154. The molecule has 0 fully saturated rings. The summed E-state index contributed by atoms with van der Waals surface area (Å²) in [5, 5.41) is 12.6. The molecule has 0 aliphatic rings. The first-order chi connectivity index (χ1) is 8.99. The highest BCUT2D eigenvalue weighted by molar-refractivity contribution is 7.80. The Hall–Kier alpha value is -1.41. The standard InChI is InChI=1S/C13H10Cl2N2OS/c1-2-3-12(18)9(7-16)13(19)17-11-5-4-8(14)6-10(11)15/h2,4-6,9H,1,3H2,(H,17,19). The van der Waals surface area contributed by atoms with Gasteiger partial charge < -0.3 is 5.32 Å². The van der Waals surface area contributed by atoms with Gasteiger partial charge in [0.05, 0.1) is 16.8 Å². The van der Waals surface area contributed by atoms with E-state index in [0.29, 0.717) is 15.7 Å². The van der Waals surface area contributed by atoms with Crippen molar-refractivity contribution in [1.82, 2.24) is 0 Å². The second-order valence-electron chi connectivity index (χ2n) is 3.63. The molecule has 1 atom stereocenters. The molecule has 0 heterocycles. The summed E-state index contributed by atoms with van der Waals surface area (Å²) in [5.74, 6) is -1.32. The first-order valence-corrected chi connectivity index (χ1v) is 6.45. The van der Waals surface area contributed by atoms with E-state index in [0.717, 1.165) is 0 Å². The van der Waals surface area contributed by atoms with E-state index in [1.54, 1.807) is 18.2 Å². The Labute approximate surface area is 126 Å². The SMILES string of the molecule is C=CCC(=O)C(C#N)C(=S)Nc1ccc(Cl)cc1Cl. The van der Waals surface area contributed by atoms with Crippen molar-refractivity contribution in [3.8, 4) is 6.07 Å². The highest BCUT2D eigenvalue weighted by atomic mass is 35.5. The minimum Gasteiger partial charge on any atom is -0.347 e. The lowest BCUT2D eigenvalue weighted by Crippen LogP contribution is -2.26. The summed E-state index contributed by atoms with van der Waals surface area (Å²) in [6, 6.07) is 6.67. The molecule has 0 radical (unpaired) electrons. The molecule has 1 aromatic rings. The van der Waals surface area contributed by atoms with Crippen LogP contribution in [-0.4, -0.2) is 10.8 Å². The normalized spacial score (nSPS) is 11.2. The van der Waals surface area contributed by atoms with Crippen LogP contribution in [0, 0.1) is 17.2 Å². The van der Waals surface area contributed by atoms with Crippen LogP contribution in [0.25, 0.3) is 0 Å². The number of ketones is 1. The average Bonchev–Trinajstić information content (AvgIpc) is 2.34. The zero-order valence-corrected chi connectivity index (χ0v) is 12.1. The molecule has 1 aromatic carbocycles. The number of Topliss-reactive ketones (excluding diaryl/α,β-unsaturated/α-hetero) is 1. The van der Waals surface area contributed by atoms with Crippen molar-refractivity contribution < 1.29 is 4.79 Å². The summed E-state index contributed by atoms with van der Waals surface area (Å²) in [6.45, 7) is 3.45. The number of nitrogens with one attached hydrogen (secondary N) is 1. The lowest BCUT2D eigenvalue weighted by atomic mass is 10.0. The van der Waals surface area contributed by atoms with Gasteiger partial charge in [0.2, 0.25) is 0 Å². The van der Waals surface area contributed by atoms with Crippen molar-refractivity contribution in [2.75, 3.05) is 5.32 Å². The minimum absolute atomic E-state index is 0.0917. The number of halogens is 2. The summed E-state index contributed by atoms with van der Waals surface area (Å²) in [5.41, 5.74) is 0.503. The van der Waals surface area contributed by atoms with Gasteiger partial charge in [0.25, 0.3) is 0 Å². The van der Waals surface area contributed by atoms with E-state index in [1.807, 2.05) is 6.07 Å². The maximum Gasteiger partial charge on any atom is 0.160 e. The van der Waals surface area contributed by atoms with Crippen molar-refractivity contribution in [3.05, 3.63) is 40.9 Å². The smallest absolute Gasteiger partial charge is 0.160 e. The van der Waals surface area contributed by atoms with Gasteiger partial charge in [-0.05, 0) is 18.2 Å². The van der Waals surface area contributed by atoms with Crippen LogP contribution < -0.4 is 5.32 Å². The first-order valence-electron chi connectivity index (χ1n) is 5.28. The number of hydrogen-bond acceptors (Lipinski definition) is 3.